The van der Waals surface area contributed by atoms with Gasteiger partial charge in [-0.1, -0.05) is 36.4 Å². The molecule has 0 unspecified atom stereocenters. The molecule has 12 heteroatoms. The van der Waals surface area contributed by atoms with E-state index in [4.69, 9.17) is 18.9 Å². The minimum absolute atomic E-state index is 0.319. The van der Waals surface area contributed by atoms with Gasteiger partial charge in [-0.25, -0.2) is 34.6 Å². The average molecular weight is 486 g/mol. The van der Waals surface area contributed by atoms with Crippen LogP contribution < -0.4 is 10.4 Å². The second-order valence-electron chi connectivity index (χ2n) is 8.02. The van der Waals surface area contributed by atoms with E-state index < -0.39 is 36.0 Å². The van der Waals surface area contributed by atoms with Crippen LogP contribution in [0.3, 0.4) is 0 Å². The number of fused-ring (bicyclic) bond motifs is 5. The lowest BCUT2D eigenvalue weighted by atomic mass is 9.79. The van der Waals surface area contributed by atoms with Crippen molar-refractivity contribution in [1.82, 2.24) is 15.4 Å². The molecule has 0 bridgehead atoms. The zero-order valence-electron chi connectivity index (χ0n) is 19.8. The predicted octanol–water partition coefficient (Wildman–Crippen LogP) is 3.50. The molecule has 2 aromatic rings. The fourth-order valence-corrected chi connectivity index (χ4v) is 5.17. The number of benzene rings is 2. The Morgan fingerprint density at radius 3 is 2.31 bits per heavy atom. The Kier molecular flexibility index (Phi) is 6.29. The molecular weight excluding hydrogens is 460 g/mol. The largest absolute Gasteiger partial charge is 0.452 e. The van der Waals surface area contributed by atoms with Gasteiger partial charge >= 0.3 is 24.4 Å². The molecule has 2 aromatic carbocycles. The summed E-state index contributed by atoms with van der Waals surface area (Å²) >= 11 is 0. The number of amides is 4. The summed E-state index contributed by atoms with van der Waals surface area (Å²) in [5, 5.41) is 4.71. The van der Waals surface area contributed by atoms with E-state index in [1.54, 1.807) is 18.2 Å². The monoisotopic (exact) mass is 486 g/mol. The maximum atomic E-state index is 13.2. The minimum atomic E-state index is -1.32. The van der Waals surface area contributed by atoms with Crippen molar-refractivity contribution in [1.29, 1.82) is 0 Å². The van der Waals surface area contributed by atoms with Crippen LogP contribution in [0.25, 0.3) is 10.8 Å². The molecule has 1 saturated carbocycles. The fourth-order valence-electron chi connectivity index (χ4n) is 5.17. The summed E-state index contributed by atoms with van der Waals surface area (Å²) in [6.07, 6.45) is -2.17. The van der Waals surface area contributed by atoms with E-state index in [0.717, 1.165) is 27.5 Å². The van der Waals surface area contributed by atoms with Crippen molar-refractivity contribution < 1.29 is 38.1 Å². The topological polar surface area (TPSA) is 127 Å². The number of carbonyl (C=O) groups is 4. The Balaban J connectivity index is 2.11. The van der Waals surface area contributed by atoms with Crippen molar-refractivity contribution in [3.05, 3.63) is 42.0 Å². The van der Waals surface area contributed by atoms with E-state index in [-0.39, 0.29) is 0 Å². The highest BCUT2D eigenvalue weighted by Gasteiger charge is 2.62. The number of carbonyl (C=O) groups excluding carboxylic acids is 4. The zero-order chi connectivity index (χ0) is 25.3. The van der Waals surface area contributed by atoms with E-state index in [1.165, 1.54) is 21.3 Å². The lowest BCUT2D eigenvalue weighted by Gasteiger charge is -2.53. The summed E-state index contributed by atoms with van der Waals surface area (Å²) in [6.45, 7) is 0. The van der Waals surface area contributed by atoms with Crippen molar-refractivity contribution >= 4 is 40.8 Å². The molecule has 4 rings (SSSR count). The van der Waals surface area contributed by atoms with Crippen LogP contribution in [-0.2, 0) is 24.5 Å². The van der Waals surface area contributed by atoms with Crippen LogP contribution in [-0.4, -0.2) is 68.9 Å². The Morgan fingerprint density at radius 2 is 1.66 bits per heavy atom. The highest BCUT2D eigenvalue weighted by molar-refractivity contribution is 6.05. The van der Waals surface area contributed by atoms with Crippen LogP contribution in [0.15, 0.2) is 36.4 Å². The van der Waals surface area contributed by atoms with E-state index in [0.29, 0.717) is 35.9 Å². The number of hydrogen-bond donors (Lipinski definition) is 1. The van der Waals surface area contributed by atoms with Crippen LogP contribution >= 0.6 is 0 Å². The van der Waals surface area contributed by atoms with Crippen LogP contribution in [0, 0.1) is 0 Å². The predicted molar refractivity (Wildman–Crippen MR) is 122 cm³/mol. The molecule has 186 valence electrons. The van der Waals surface area contributed by atoms with Gasteiger partial charge in [0.25, 0.3) is 0 Å². The number of ether oxygens (including phenoxy) is 4. The van der Waals surface area contributed by atoms with Crippen LogP contribution in [0.5, 0.6) is 0 Å². The number of methoxy groups -OCH3 is 4. The average Bonchev–Trinajstić information content (AvgIpc) is 3.34. The Bertz CT molecular complexity index is 1190. The molecule has 12 nitrogen and oxygen atoms in total. The fraction of sp³-hybridized carbons (Fsp3) is 0.391. The van der Waals surface area contributed by atoms with Crippen molar-refractivity contribution in [2.75, 3.05) is 33.4 Å². The number of nitrogens with one attached hydrogen (secondary N) is 1. The summed E-state index contributed by atoms with van der Waals surface area (Å²) < 4.78 is 19.9. The van der Waals surface area contributed by atoms with Gasteiger partial charge in [-0.3, -0.25) is 0 Å². The van der Waals surface area contributed by atoms with Gasteiger partial charge in [0.1, 0.15) is 5.54 Å². The second kappa shape index (κ2) is 9.20. The molecule has 1 aliphatic heterocycles. The van der Waals surface area contributed by atoms with Gasteiger partial charge in [0.2, 0.25) is 0 Å². The lowest BCUT2D eigenvalue weighted by Crippen LogP contribution is -2.71. The van der Waals surface area contributed by atoms with Crippen molar-refractivity contribution in [3.8, 4) is 0 Å². The Labute approximate surface area is 201 Å². The molecule has 1 aliphatic carbocycles. The Hall–Kier alpha value is -4.22. The smallest absolute Gasteiger partial charge is 0.433 e. The molecule has 1 fully saturated rings. The molecule has 2 atom stereocenters. The lowest BCUT2D eigenvalue weighted by molar-refractivity contribution is -0.0244. The molecule has 2 aliphatic rings. The van der Waals surface area contributed by atoms with Crippen LogP contribution in [0.2, 0.25) is 0 Å². The van der Waals surface area contributed by atoms with Gasteiger partial charge in [-0.2, -0.15) is 5.01 Å². The molecule has 4 amide bonds. The first kappa shape index (κ1) is 23.9. The van der Waals surface area contributed by atoms with Gasteiger partial charge in [0.15, 0.2) is 0 Å². The maximum Gasteiger partial charge on any atom is 0.433 e. The van der Waals surface area contributed by atoms with Gasteiger partial charge < -0.3 is 18.9 Å². The summed E-state index contributed by atoms with van der Waals surface area (Å²) in [7, 11) is 4.74. The summed E-state index contributed by atoms with van der Waals surface area (Å²) in [5.41, 5.74) is 1.98. The van der Waals surface area contributed by atoms with E-state index >= 15 is 0 Å². The van der Waals surface area contributed by atoms with Crippen molar-refractivity contribution in [2.24, 2.45) is 0 Å². The number of nitrogens with zero attached hydrogens (tertiary/aromatic N) is 3. The third-order valence-electron chi connectivity index (χ3n) is 6.53. The normalized spacial score (nSPS) is 20.4. The standard InChI is InChI=1S/C23H26N4O8/c1-32-19(28)24-27(22(31)35-4)23-13-7-10-17(23)25(20(29)33-2)26(21(30)34-3)18-15-9-6-5-8-14(15)11-12-16(18)23/h5-6,8-9,11-12,17H,7,10,13H2,1-4H3,(H,24,28)/t17-,23-/m0/s1. The van der Waals surface area contributed by atoms with Crippen LogP contribution in [0.4, 0.5) is 24.9 Å². The van der Waals surface area contributed by atoms with Gasteiger partial charge in [0.05, 0.1) is 40.2 Å². The van der Waals surface area contributed by atoms with Gasteiger partial charge in [-0.05, 0) is 24.6 Å². The van der Waals surface area contributed by atoms with E-state index in [9.17, 15) is 19.2 Å². The Morgan fingerprint density at radius 1 is 0.943 bits per heavy atom. The maximum absolute atomic E-state index is 13.2. The summed E-state index contributed by atoms with van der Waals surface area (Å²) in [4.78, 5) is 51.7. The molecular formula is C23H26N4O8. The number of anilines is 1. The van der Waals surface area contributed by atoms with Gasteiger partial charge in [-0.15, -0.1) is 0 Å². The third kappa shape index (κ3) is 3.52. The summed E-state index contributed by atoms with van der Waals surface area (Å²) in [5.74, 6) is 0. The highest BCUT2D eigenvalue weighted by Crippen LogP contribution is 2.55. The quantitative estimate of drug-likeness (QED) is 0.479. The van der Waals surface area contributed by atoms with Crippen molar-refractivity contribution in [3.63, 3.8) is 0 Å². The molecule has 0 aromatic heterocycles. The molecule has 35 heavy (non-hydrogen) atoms. The number of hydrazine groups is 2. The number of hydrogen-bond acceptors (Lipinski definition) is 8. The van der Waals surface area contributed by atoms with E-state index in [1.807, 2.05) is 18.2 Å². The first-order valence-electron chi connectivity index (χ1n) is 10.9. The van der Waals surface area contributed by atoms with E-state index in [2.05, 4.69) is 5.43 Å². The molecule has 0 saturated heterocycles. The minimum Gasteiger partial charge on any atom is -0.452 e. The summed E-state index contributed by atoms with van der Waals surface area (Å²) in [6, 6.07) is 10.1. The highest BCUT2D eigenvalue weighted by atomic mass is 16.6. The molecule has 0 radical (unpaired) electrons. The first-order chi connectivity index (χ1) is 16.8. The van der Waals surface area contributed by atoms with Crippen molar-refractivity contribution in [2.45, 2.75) is 30.8 Å². The number of rotatable bonds is 1. The SMILES string of the molecule is COC(=O)NN(C(=O)OC)[C@]12CCC[C@@H]1N(C(=O)OC)N(C(=O)OC)c1c2ccc2ccccc12. The third-order valence-corrected chi connectivity index (χ3v) is 6.53. The molecule has 0 spiro atoms. The zero-order valence-corrected chi connectivity index (χ0v) is 19.8. The van der Waals surface area contributed by atoms with Gasteiger partial charge in [0, 0.05) is 10.9 Å². The van der Waals surface area contributed by atoms with Crippen LogP contribution in [0.1, 0.15) is 24.8 Å². The molecule has 1 heterocycles. The first-order valence-corrected chi connectivity index (χ1v) is 10.9. The second-order valence-corrected chi connectivity index (χ2v) is 8.02. The molecule has 1 N–H and O–H groups in total.